The maximum atomic E-state index is 12.8. The molecule has 3 N–H and O–H groups in total. The lowest BCUT2D eigenvalue weighted by atomic mass is 10.1. The topological polar surface area (TPSA) is 105 Å². The molecule has 0 radical (unpaired) electrons. The van der Waals surface area contributed by atoms with Crippen molar-refractivity contribution >= 4 is 35.6 Å². The van der Waals surface area contributed by atoms with Crippen molar-refractivity contribution in [1.29, 1.82) is 0 Å². The summed E-state index contributed by atoms with van der Waals surface area (Å²) in [6.45, 7) is 0. The van der Waals surface area contributed by atoms with Crippen LogP contribution >= 0.6 is 11.8 Å². The number of thioether (sulfide) groups is 1. The first-order valence-electron chi connectivity index (χ1n) is 9.19. The zero-order valence-electron chi connectivity index (χ0n) is 16.8. The van der Waals surface area contributed by atoms with Crippen LogP contribution in [0.15, 0.2) is 60.3 Å². The average molecular weight is 429 g/mol. The predicted molar refractivity (Wildman–Crippen MR) is 117 cm³/mol. The quantitative estimate of drug-likeness (QED) is 0.503. The molecule has 2 rings (SSSR count). The standard InChI is InChI=1S/C22H24N2O5S/c1-29-17-10-8-15(9-11-17)14-19(24-20(25)16-6-4-3-5-7-16)21(26)23-18(22(27)28)12-13-30-2/h3-11,14,18H,12-13H2,1-2H3,(H,23,26)(H,24,25)(H,27,28)/t18-/m0/s1. The third kappa shape index (κ3) is 6.97. The van der Waals surface area contributed by atoms with Gasteiger partial charge in [-0.3, -0.25) is 9.59 Å². The molecule has 158 valence electrons. The fourth-order valence-corrected chi connectivity index (χ4v) is 3.01. The Morgan fingerprint density at radius 1 is 1.10 bits per heavy atom. The van der Waals surface area contributed by atoms with Crippen molar-refractivity contribution in [3.05, 3.63) is 71.4 Å². The molecule has 0 heterocycles. The number of nitrogens with one attached hydrogen (secondary N) is 2. The number of carboxylic acid groups (broad SMARTS) is 1. The number of carbonyl (C=O) groups excluding carboxylic acids is 2. The first-order chi connectivity index (χ1) is 14.4. The molecular formula is C22H24N2O5S. The van der Waals surface area contributed by atoms with Crippen LogP contribution in [0.5, 0.6) is 5.75 Å². The minimum Gasteiger partial charge on any atom is -0.497 e. The van der Waals surface area contributed by atoms with Crippen molar-refractivity contribution in [2.24, 2.45) is 0 Å². The Balaban J connectivity index is 2.28. The first kappa shape index (κ1) is 23.0. The number of hydrogen-bond donors (Lipinski definition) is 3. The number of carboxylic acids is 1. The summed E-state index contributed by atoms with van der Waals surface area (Å²) in [5.74, 6) is -1.05. The van der Waals surface area contributed by atoms with Gasteiger partial charge in [-0.15, -0.1) is 0 Å². The van der Waals surface area contributed by atoms with E-state index in [4.69, 9.17) is 4.74 Å². The van der Waals surface area contributed by atoms with Crippen LogP contribution in [-0.2, 0) is 9.59 Å². The third-order valence-corrected chi connectivity index (χ3v) is 4.81. The summed E-state index contributed by atoms with van der Waals surface area (Å²) < 4.78 is 5.12. The summed E-state index contributed by atoms with van der Waals surface area (Å²) in [5, 5.41) is 14.5. The highest BCUT2D eigenvalue weighted by atomic mass is 32.2. The molecule has 30 heavy (non-hydrogen) atoms. The molecule has 0 aromatic heterocycles. The molecule has 2 aromatic carbocycles. The van der Waals surface area contributed by atoms with Crippen LogP contribution in [0.3, 0.4) is 0 Å². The molecule has 0 unspecified atom stereocenters. The molecule has 2 aromatic rings. The highest BCUT2D eigenvalue weighted by molar-refractivity contribution is 7.98. The number of benzene rings is 2. The van der Waals surface area contributed by atoms with E-state index in [1.165, 1.54) is 17.8 Å². The monoisotopic (exact) mass is 428 g/mol. The van der Waals surface area contributed by atoms with Gasteiger partial charge in [0.05, 0.1) is 7.11 Å². The Bertz CT molecular complexity index is 898. The van der Waals surface area contributed by atoms with Gasteiger partial charge in [0.2, 0.25) is 0 Å². The number of carbonyl (C=O) groups is 3. The maximum absolute atomic E-state index is 12.8. The van der Waals surface area contributed by atoms with Crippen LogP contribution in [0.25, 0.3) is 6.08 Å². The number of amides is 2. The smallest absolute Gasteiger partial charge is 0.326 e. The lowest BCUT2D eigenvalue weighted by Gasteiger charge is -2.16. The van der Waals surface area contributed by atoms with E-state index in [0.717, 1.165) is 0 Å². The summed E-state index contributed by atoms with van der Waals surface area (Å²) in [7, 11) is 1.55. The largest absolute Gasteiger partial charge is 0.497 e. The predicted octanol–water partition coefficient (Wildman–Crippen LogP) is 2.79. The molecule has 0 fully saturated rings. The van der Waals surface area contributed by atoms with Gasteiger partial charge in [0, 0.05) is 5.56 Å². The third-order valence-electron chi connectivity index (χ3n) is 4.17. The average Bonchev–Trinajstić information content (AvgIpc) is 2.76. The van der Waals surface area contributed by atoms with Crippen LogP contribution in [0.2, 0.25) is 0 Å². The lowest BCUT2D eigenvalue weighted by Crippen LogP contribution is -2.44. The van der Waals surface area contributed by atoms with Crippen molar-refractivity contribution in [2.45, 2.75) is 12.5 Å². The van der Waals surface area contributed by atoms with E-state index in [-0.39, 0.29) is 12.1 Å². The lowest BCUT2D eigenvalue weighted by molar-refractivity contribution is -0.141. The van der Waals surface area contributed by atoms with Gasteiger partial charge in [0.15, 0.2) is 0 Å². The fraction of sp³-hybridized carbons (Fsp3) is 0.227. The van der Waals surface area contributed by atoms with Gasteiger partial charge >= 0.3 is 5.97 Å². The van der Waals surface area contributed by atoms with E-state index in [0.29, 0.717) is 22.6 Å². The molecule has 0 aliphatic carbocycles. The Kier molecular flexibility index (Phi) is 8.96. The van der Waals surface area contributed by atoms with Crippen LogP contribution < -0.4 is 15.4 Å². The normalized spacial score (nSPS) is 12.0. The van der Waals surface area contributed by atoms with E-state index in [1.54, 1.807) is 61.7 Å². The van der Waals surface area contributed by atoms with Crippen molar-refractivity contribution in [3.63, 3.8) is 0 Å². The van der Waals surface area contributed by atoms with Gasteiger partial charge in [-0.25, -0.2) is 4.79 Å². The Morgan fingerprint density at radius 3 is 2.33 bits per heavy atom. The van der Waals surface area contributed by atoms with Gasteiger partial charge in [0.25, 0.3) is 11.8 Å². The number of rotatable bonds is 10. The number of ether oxygens (including phenoxy) is 1. The van der Waals surface area contributed by atoms with Gasteiger partial charge in [-0.05, 0) is 54.3 Å². The molecule has 1 atom stereocenters. The zero-order valence-corrected chi connectivity index (χ0v) is 17.6. The van der Waals surface area contributed by atoms with Crippen LogP contribution in [0.1, 0.15) is 22.3 Å². The van der Waals surface area contributed by atoms with E-state index in [1.807, 2.05) is 6.26 Å². The molecule has 2 amide bonds. The van der Waals surface area contributed by atoms with E-state index in [9.17, 15) is 19.5 Å². The Morgan fingerprint density at radius 2 is 1.77 bits per heavy atom. The molecule has 7 nitrogen and oxygen atoms in total. The first-order valence-corrected chi connectivity index (χ1v) is 10.6. The summed E-state index contributed by atoms with van der Waals surface area (Å²) in [4.78, 5) is 36.9. The van der Waals surface area contributed by atoms with Crippen LogP contribution in [0.4, 0.5) is 0 Å². The minimum absolute atomic E-state index is 0.0515. The second-order valence-electron chi connectivity index (χ2n) is 6.30. The molecule has 8 heteroatoms. The highest BCUT2D eigenvalue weighted by Gasteiger charge is 2.22. The fourth-order valence-electron chi connectivity index (χ4n) is 2.54. The van der Waals surface area contributed by atoms with Crippen molar-refractivity contribution < 1.29 is 24.2 Å². The second kappa shape index (κ2) is 11.7. The Hall–Kier alpha value is -3.26. The number of hydrogen-bond acceptors (Lipinski definition) is 5. The van der Waals surface area contributed by atoms with Crippen molar-refractivity contribution in [3.8, 4) is 5.75 Å². The summed E-state index contributed by atoms with van der Waals surface area (Å²) >= 11 is 1.49. The molecule has 0 saturated heterocycles. The minimum atomic E-state index is -1.13. The van der Waals surface area contributed by atoms with Gasteiger partial charge in [-0.1, -0.05) is 30.3 Å². The molecule has 0 aliphatic rings. The van der Waals surface area contributed by atoms with Crippen molar-refractivity contribution in [2.75, 3.05) is 19.1 Å². The molecule has 0 saturated carbocycles. The molecular weight excluding hydrogens is 404 g/mol. The summed E-state index contributed by atoms with van der Waals surface area (Å²) in [6, 6.07) is 14.3. The number of methoxy groups -OCH3 is 1. The van der Waals surface area contributed by atoms with Gasteiger partial charge in [0.1, 0.15) is 17.5 Å². The summed E-state index contributed by atoms with van der Waals surface area (Å²) in [6.07, 6.45) is 3.61. The van der Waals surface area contributed by atoms with Crippen LogP contribution in [0, 0.1) is 0 Å². The molecule has 0 spiro atoms. The van der Waals surface area contributed by atoms with Crippen LogP contribution in [-0.4, -0.2) is 48.1 Å². The summed E-state index contributed by atoms with van der Waals surface area (Å²) in [5.41, 5.74) is 0.970. The Labute approximate surface area is 179 Å². The van der Waals surface area contributed by atoms with E-state index >= 15 is 0 Å². The second-order valence-corrected chi connectivity index (χ2v) is 7.28. The number of aliphatic carboxylic acids is 1. The zero-order chi connectivity index (χ0) is 21.9. The molecule has 0 aliphatic heterocycles. The van der Waals surface area contributed by atoms with Crippen molar-refractivity contribution in [1.82, 2.24) is 10.6 Å². The van der Waals surface area contributed by atoms with E-state index < -0.39 is 23.8 Å². The molecule has 0 bridgehead atoms. The highest BCUT2D eigenvalue weighted by Crippen LogP contribution is 2.14. The SMILES string of the molecule is COc1ccc(C=C(NC(=O)c2ccccc2)C(=O)N[C@@H](CCSC)C(=O)O)cc1. The van der Waals surface area contributed by atoms with Gasteiger partial charge < -0.3 is 20.5 Å². The maximum Gasteiger partial charge on any atom is 0.326 e. The van der Waals surface area contributed by atoms with Gasteiger partial charge in [-0.2, -0.15) is 11.8 Å². The van der Waals surface area contributed by atoms with E-state index in [2.05, 4.69) is 10.6 Å².